The summed E-state index contributed by atoms with van der Waals surface area (Å²) in [5, 5.41) is 2.16. The van der Waals surface area contributed by atoms with Crippen LogP contribution in [0.2, 0.25) is 0 Å². The minimum absolute atomic E-state index is 0.00978. The molecule has 0 saturated heterocycles. The second-order valence-electron chi connectivity index (χ2n) is 9.77. The standard InChI is InChI=1S/C37H24O/c1-2-11-26(12-3-1)37(33-18-7-4-13-29(33)30-14-5-8-19-34(30)37)27-23-21-25(22-24-27)28-16-10-17-32-31-15-6-9-20-35(31)38-36(28)32/h1-24H/i4D,7D,13D,18D. The normalized spacial score (nSPS) is 17.5. The fourth-order valence-electron chi connectivity index (χ4n) is 6.29. The zero-order valence-electron chi connectivity index (χ0n) is 24.5. The zero-order chi connectivity index (χ0) is 28.6. The van der Waals surface area contributed by atoms with Gasteiger partial charge in [-0.2, -0.15) is 0 Å². The van der Waals surface area contributed by atoms with Crippen molar-refractivity contribution in [2.75, 3.05) is 0 Å². The van der Waals surface area contributed by atoms with Crippen molar-refractivity contribution in [3.63, 3.8) is 0 Å². The highest BCUT2D eigenvalue weighted by Gasteiger charge is 2.45. The number of hydrogen-bond acceptors (Lipinski definition) is 1. The number of hydrogen-bond donors (Lipinski definition) is 0. The molecule has 1 heteroatoms. The molecule has 1 aliphatic carbocycles. The molecule has 1 atom stereocenters. The summed E-state index contributed by atoms with van der Waals surface area (Å²) in [5.74, 6) is 0. The Kier molecular flexibility index (Phi) is 3.72. The lowest BCUT2D eigenvalue weighted by Crippen LogP contribution is -2.28. The highest BCUT2D eigenvalue weighted by Crippen LogP contribution is 2.56. The summed E-state index contributed by atoms with van der Waals surface area (Å²) < 4.78 is 41.5. The number of rotatable bonds is 3. The van der Waals surface area contributed by atoms with E-state index < -0.39 is 5.41 Å². The molecule has 0 spiro atoms. The second kappa shape index (κ2) is 8.06. The molecule has 1 nitrogen and oxygen atoms in total. The van der Waals surface area contributed by atoms with Gasteiger partial charge >= 0.3 is 0 Å². The summed E-state index contributed by atoms with van der Waals surface area (Å²) in [6.07, 6.45) is 0. The lowest BCUT2D eigenvalue weighted by Gasteiger charge is -2.34. The monoisotopic (exact) mass is 488 g/mol. The largest absolute Gasteiger partial charge is 0.455 e. The Morgan fingerprint density at radius 3 is 2.08 bits per heavy atom. The van der Waals surface area contributed by atoms with Crippen LogP contribution in [-0.2, 0) is 5.41 Å². The predicted molar refractivity (Wildman–Crippen MR) is 156 cm³/mol. The Morgan fingerprint density at radius 2 is 1.18 bits per heavy atom. The quantitative estimate of drug-likeness (QED) is 0.241. The molecule has 1 aromatic heterocycles. The van der Waals surface area contributed by atoms with Gasteiger partial charge in [0, 0.05) is 16.3 Å². The molecule has 0 fully saturated rings. The Morgan fingerprint density at radius 1 is 0.500 bits per heavy atom. The summed E-state index contributed by atoms with van der Waals surface area (Å²) in [5.41, 5.74) is 7.61. The van der Waals surface area contributed by atoms with E-state index in [4.69, 9.17) is 9.90 Å². The topological polar surface area (TPSA) is 13.1 Å². The van der Waals surface area contributed by atoms with Crippen LogP contribution >= 0.6 is 0 Å². The maximum Gasteiger partial charge on any atom is 0.143 e. The van der Waals surface area contributed by atoms with Crippen LogP contribution in [0.25, 0.3) is 44.2 Å². The first kappa shape index (κ1) is 17.6. The van der Waals surface area contributed by atoms with Crippen LogP contribution in [0.4, 0.5) is 0 Å². The number of benzene rings is 6. The van der Waals surface area contributed by atoms with E-state index in [1.807, 2.05) is 54.6 Å². The lowest BCUT2D eigenvalue weighted by molar-refractivity contribution is 0.670. The molecule has 178 valence electrons. The average Bonchev–Trinajstić information content (AvgIpc) is 3.58. The molecular weight excluding hydrogens is 460 g/mol. The molecule has 0 radical (unpaired) electrons. The number of para-hydroxylation sites is 2. The predicted octanol–water partition coefficient (Wildman–Crippen LogP) is 9.62. The maximum absolute atomic E-state index is 9.16. The molecule has 1 aliphatic rings. The number of fused-ring (bicyclic) bond motifs is 6. The summed E-state index contributed by atoms with van der Waals surface area (Å²) >= 11 is 0. The Balaban J connectivity index is 1.42. The maximum atomic E-state index is 9.16. The van der Waals surface area contributed by atoms with Crippen molar-refractivity contribution < 1.29 is 9.90 Å². The molecule has 0 amide bonds. The van der Waals surface area contributed by atoms with Gasteiger partial charge in [0.05, 0.1) is 10.9 Å². The lowest BCUT2D eigenvalue weighted by atomic mass is 9.67. The van der Waals surface area contributed by atoms with Gasteiger partial charge in [0.15, 0.2) is 0 Å². The highest BCUT2D eigenvalue weighted by atomic mass is 16.3. The molecule has 1 heterocycles. The van der Waals surface area contributed by atoms with E-state index in [0.29, 0.717) is 11.1 Å². The summed E-state index contributed by atoms with van der Waals surface area (Å²) in [4.78, 5) is 0. The zero-order valence-corrected chi connectivity index (χ0v) is 20.5. The molecule has 1 unspecified atom stereocenters. The first-order valence-corrected chi connectivity index (χ1v) is 12.8. The molecule has 7 aromatic rings. The molecule has 6 aromatic carbocycles. The van der Waals surface area contributed by atoms with E-state index in [0.717, 1.165) is 55.3 Å². The van der Waals surface area contributed by atoms with Gasteiger partial charge in [-0.05, 0) is 45.0 Å². The van der Waals surface area contributed by atoms with E-state index in [1.54, 1.807) is 0 Å². The van der Waals surface area contributed by atoms with Crippen molar-refractivity contribution in [3.05, 3.63) is 168 Å². The van der Waals surface area contributed by atoms with Gasteiger partial charge in [-0.25, -0.2) is 0 Å². The Bertz CT molecular complexity index is 2180. The third-order valence-electron chi connectivity index (χ3n) is 7.90. The van der Waals surface area contributed by atoms with E-state index in [9.17, 15) is 0 Å². The van der Waals surface area contributed by atoms with Gasteiger partial charge in [-0.3, -0.25) is 0 Å². The first-order chi connectivity index (χ1) is 20.5. The second-order valence-corrected chi connectivity index (χ2v) is 9.77. The van der Waals surface area contributed by atoms with Crippen molar-refractivity contribution in [3.8, 4) is 22.3 Å². The SMILES string of the molecule is [2H]c1c([2H])c([2H])c2c(c1[2H])-c1ccccc1C2(c1ccccc1)c1ccc(-c2cccc3c2oc2ccccc23)cc1. The molecule has 38 heavy (non-hydrogen) atoms. The van der Waals surface area contributed by atoms with Gasteiger partial charge in [0.25, 0.3) is 0 Å². The van der Waals surface area contributed by atoms with Crippen molar-refractivity contribution in [1.82, 2.24) is 0 Å². The van der Waals surface area contributed by atoms with Crippen LogP contribution < -0.4 is 0 Å². The smallest absolute Gasteiger partial charge is 0.143 e. The van der Waals surface area contributed by atoms with E-state index in [2.05, 4.69) is 66.7 Å². The molecule has 0 N–H and O–H groups in total. The van der Waals surface area contributed by atoms with Crippen LogP contribution in [-0.4, -0.2) is 0 Å². The summed E-state index contributed by atoms with van der Waals surface area (Å²) in [6.45, 7) is 0. The Labute approximate surface area is 227 Å². The van der Waals surface area contributed by atoms with Crippen molar-refractivity contribution in [2.24, 2.45) is 0 Å². The minimum atomic E-state index is -0.923. The van der Waals surface area contributed by atoms with Gasteiger partial charge in [0.1, 0.15) is 11.2 Å². The van der Waals surface area contributed by atoms with Crippen LogP contribution in [0, 0.1) is 0 Å². The van der Waals surface area contributed by atoms with Crippen LogP contribution in [0.1, 0.15) is 27.7 Å². The van der Waals surface area contributed by atoms with Crippen LogP contribution in [0.15, 0.2) is 150 Å². The van der Waals surface area contributed by atoms with Crippen molar-refractivity contribution in [2.45, 2.75) is 5.41 Å². The fraction of sp³-hybridized carbons (Fsp3) is 0.0270. The molecule has 0 bridgehead atoms. The van der Waals surface area contributed by atoms with Crippen LogP contribution in [0.5, 0.6) is 0 Å². The van der Waals surface area contributed by atoms with Gasteiger partial charge in [0.2, 0.25) is 0 Å². The average molecular weight is 489 g/mol. The first-order valence-electron chi connectivity index (χ1n) is 14.8. The Hall–Kier alpha value is -4.88. The third kappa shape index (κ3) is 2.82. The van der Waals surface area contributed by atoms with Gasteiger partial charge < -0.3 is 4.42 Å². The van der Waals surface area contributed by atoms with E-state index >= 15 is 0 Å². The highest BCUT2D eigenvalue weighted by molar-refractivity contribution is 6.09. The van der Waals surface area contributed by atoms with Gasteiger partial charge in [-0.1, -0.05) is 139 Å². The number of furan rings is 1. The minimum Gasteiger partial charge on any atom is -0.455 e. The van der Waals surface area contributed by atoms with Gasteiger partial charge in [-0.15, -0.1) is 0 Å². The summed E-state index contributed by atoms with van der Waals surface area (Å²) in [7, 11) is 0. The van der Waals surface area contributed by atoms with E-state index in [-0.39, 0.29) is 24.2 Å². The van der Waals surface area contributed by atoms with Crippen molar-refractivity contribution >= 4 is 21.9 Å². The summed E-state index contributed by atoms with van der Waals surface area (Å²) in [6, 6.07) is 40.2. The molecular formula is C37H24O. The van der Waals surface area contributed by atoms with Crippen molar-refractivity contribution in [1.29, 1.82) is 0 Å². The molecule has 0 aliphatic heterocycles. The van der Waals surface area contributed by atoms with E-state index in [1.165, 1.54) is 0 Å². The molecule has 8 rings (SSSR count). The van der Waals surface area contributed by atoms with Crippen LogP contribution in [0.3, 0.4) is 0 Å². The molecule has 0 saturated carbocycles. The third-order valence-corrected chi connectivity index (χ3v) is 7.90. The fourth-order valence-corrected chi connectivity index (χ4v) is 6.29.